The van der Waals surface area contributed by atoms with Gasteiger partial charge in [0.2, 0.25) is 0 Å². The van der Waals surface area contributed by atoms with Gasteiger partial charge in [-0.05, 0) is 48.9 Å². The summed E-state index contributed by atoms with van der Waals surface area (Å²) in [6, 6.07) is 14.4. The van der Waals surface area contributed by atoms with E-state index >= 15 is 0 Å². The van der Waals surface area contributed by atoms with E-state index in [1.807, 2.05) is 31.2 Å². The van der Waals surface area contributed by atoms with Gasteiger partial charge in [0.15, 0.2) is 11.4 Å². The molecule has 2 heterocycles. The number of hydrogen-bond donors (Lipinski definition) is 2. The standard InChI is InChI=1S/C28H27F3N4O2/c1-17-12-19(8-9-21(17)26(37)13-18-6-7-18)25-15-33-27-24(32-11-10-28(29,30)31)14-23(34-35(25)27)22-5-3-2-4-20(22)16-36/h2-5,8-9,12,14-15,18,32,36H,6-7,10-11,13,16H2,1H3. The second kappa shape index (κ2) is 9.97. The van der Waals surface area contributed by atoms with E-state index in [1.165, 1.54) is 0 Å². The quantitative estimate of drug-likeness (QED) is 0.263. The van der Waals surface area contributed by atoms with Crippen molar-refractivity contribution in [2.75, 3.05) is 11.9 Å². The number of ketones is 1. The van der Waals surface area contributed by atoms with Crippen molar-refractivity contribution in [1.29, 1.82) is 0 Å². The smallest absolute Gasteiger partial charge is 0.390 e. The van der Waals surface area contributed by atoms with Crippen LogP contribution in [0, 0.1) is 12.8 Å². The van der Waals surface area contributed by atoms with Gasteiger partial charge >= 0.3 is 6.18 Å². The van der Waals surface area contributed by atoms with Gasteiger partial charge in [-0.1, -0.05) is 36.4 Å². The van der Waals surface area contributed by atoms with Crippen molar-refractivity contribution in [2.45, 2.75) is 45.4 Å². The molecule has 9 heteroatoms. The molecule has 1 aliphatic carbocycles. The summed E-state index contributed by atoms with van der Waals surface area (Å²) in [4.78, 5) is 17.1. The first kappa shape index (κ1) is 25.0. The number of aromatic nitrogens is 3. The zero-order valence-corrected chi connectivity index (χ0v) is 20.3. The van der Waals surface area contributed by atoms with Crippen LogP contribution in [0.1, 0.15) is 47.2 Å². The highest BCUT2D eigenvalue weighted by atomic mass is 19.4. The zero-order valence-electron chi connectivity index (χ0n) is 20.3. The molecule has 5 rings (SSSR count). The monoisotopic (exact) mass is 508 g/mol. The summed E-state index contributed by atoms with van der Waals surface area (Å²) >= 11 is 0. The lowest BCUT2D eigenvalue weighted by molar-refractivity contribution is -0.131. The fourth-order valence-corrected chi connectivity index (χ4v) is 4.50. The summed E-state index contributed by atoms with van der Waals surface area (Å²) in [5.41, 5.74) is 5.56. The van der Waals surface area contributed by atoms with E-state index in [4.69, 9.17) is 5.10 Å². The number of benzene rings is 2. The predicted molar refractivity (Wildman–Crippen MR) is 135 cm³/mol. The molecule has 1 aliphatic rings. The molecule has 2 aromatic heterocycles. The summed E-state index contributed by atoms with van der Waals surface area (Å²) in [6.07, 6.45) is -0.876. The van der Waals surface area contributed by atoms with Crippen LogP contribution in [0.15, 0.2) is 54.7 Å². The van der Waals surface area contributed by atoms with E-state index in [9.17, 15) is 23.1 Å². The van der Waals surface area contributed by atoms with Crippen LogP contribution in [-0.2, 0) is 6.61 Å². The number of anilines is 1. The van der Waals surface area contributed by atoms with Gasteiger partial charge < -0.3 is 10.4 Å². The Bertz CT molecular complexity index is 1460. The SMILES string of the molecule is Cc1cc(-c2cnc3c(NCCC(F)(F)F)cc(-c4ccccc4CO)nn23)ccc1C(=O)CC1CC1. The number of aryl methyl sites for hydroxylation is 1. The number of aliphatic hydroxyl groups excluding tert-OH is 1. The zero-order chi connectivity index (χ0) is 26.2. The fraction of sp³-hybridized carbons (Fsp3) is 0.321. The van der Waals surface area contributed by atoms with Gasteiger partial charge in [0, 0.05) is 29.7 Å². The normalized spacial score (nSPS) is 13.8. The van der Waals surface area contributed by atoms with Gasteiger partial charge in [0.05, 0.1) is 36.3 Å². The third kappa shape index (κ3) is 5.51. The molecule has 0 amide bonds. The highest BCUT2D eigenvalue weighted by Crippen LogP contribution is 2.35. The number of carbonyl (C=O) groups is 1. The van der Waals surface area contributed by atoms with E-state index in [-0.39, 0.29) is 18.9 Å². The number of halogens is 3. The Kier molecular flexibility index (Phi) is 6.72. The summed E-state index contributed by atoms with van der Waals surface area (Å²) < 4.78 is 40.0. The Balaban J connectivity index is 1.57. The van der Waals surface area contributed by atoms with E-state index in [2.05, 4.69) is 10.3 Å². The van der Waals surface area contributed by atoms with Crippen LogP contribution in [0.5, 0.6) is 0 Å². The molecular formula is C28H27F3N4O2. The van der Waals surface area contributed by atoms with Crippen LogP contribution < -0.4 is 5.32 Å². The third-order valence-electron chi connectivity index (χ3n) is 6.65. The number of carbonyl (C=O) groups excluding carboxylic acids is 1. The molecule has 0 radical (unpaired) electrons. The summed E-state index contributed by atoms with van der Waals surface area (Å²) in [5, 5.41) is 17.5. The first-order chi connectivity index (χ1) is 17.7. The Morgan fingerprint density at radius 1 is 1.16 bits per heavy atom. The Morgan fingerprint density at radius 3 is 2.65 bits per heavy atom. The molecule has 1 saturated carbocycles. The maximum atomic E-state index is 12.8. The van der Waals surface area contributed by atoms with Crippen LogP contribution in [-0.4, -0.2) is 38.2 Å². The van der Waals surface area contributed by atoms with Crippen molar-refractivity contribution in [3.63, 3.8) is 0 Å². The second-order valence-electron chi connectivity index (χ2n) is 9.53. The molecular weight excluding hydrogens is 481 g/mol. The van der Waals surface area contributed by atoms with Gasteiger partial charge in [-0.2, -0.15) is 18.3 Å². The van der Waals surface area contributed by atoms with Crippen LogP contribution in [0.25, 0.3) is 28.2 Å². The largest absolute Gasteiger partial charge is 0.392 e. The number of fused-ring (bicyclic) bond motifs is 1. The molecule has 0 bridgehead atoms. The average molecular weight is 509 g/mol. The Morgan fingerprint density at radius 2 is 1.95 bits per heavy atom. The van der Waals surface area contributed by atoms with Gasteiger partial charge in [-0.3, -0.25) is 4.79 Å². The lowest BCUT2D eigenvalue weighted by Gasteiger charge is -2.14. The van der Waals surface area contributed by atoms with Crippen LogP contribution in [0.3, 0.4) is 0 Å². The van der Waals surface area contributed by atoms with Gasteiger partial charge in [-0.15, -0.1) is 0 Å². The van der Waals surface area contributed by atoms with Gasteiger partial charge in [0.25, 0.3) is 0 Å². The number of nitrogens with one attached hydrogen (secondary N) is 1. The van der Waals surface area contributed by atoms with Crippen molar-refractivity contribution in [1.82, 2.24) is 14.6 Å². The minimum absolute atomic E-state index is 0.141. The van der Waals surface area contributed by atoms with E-state index in [1.54, 1.807) is 35.0 Å². The molecule has 0 atom stereocenters. The first-order valence-corrected chi connectivity index (χ1v) is 12.3. The molecule has 4 aromatic rings. The van der Waals surface area contributed by atoms with Crippen molar-refractivity contribution < 1.29 is 23.1 Å². The van der Waals surface area contributed by atoms with Crippen molar-refractivity contribution in [2.24, 2.45) is 5.92 Å². The molecule has 2 aromatic carbocycles. The molecule has 6 nitrogen and oxygen atoms in total. The van der Waals surface area contributed by atoms with Crippen molar-refractivity contribution >= 4 is 17.1 Å². The number of nitrogens with zero attached hydrogens (tertiary/aromatic N) is 3. The van der Waals surface area contributed by atoms with Crippen LogP contribution in [0.4, 0.5) is 18.9 Å². The highest BCUT2D eigenvalue weighted by Gasteiger charge is 2.27. The summed E-state index contributed by atoms with van der Waals surface area (Å²) in [5.74, 6) is 0.639. The topological polar surface area (TPSA) is 79.5 Å². The lowest BCUT2D eigenvalue weighted by Crippen LogP contribution is -2.15. The molecule has 37 heavy (non-hydrogen) atoms. The maximum absolute atomic E-state index is 12.8. The fourth-order valence-electron chi connectivity index (χ4n) is 4.50. The van der Waals surface area contributed by atoms with E-state index < -0.39 is 12.6 Å². The van der Waals surface area contributed by atoms with Crippen LogP contribution >= 0.6 is 0 Å². The summed E-state index contributed by atoms with van der Waals surface area (Å²) in [6.45, 7) is 1.37. The maximum Gasteiger partial charge on any atom is 0.390 e. The van der Waals surface area contributed by atoms with Gasteiger partial charge in [-0.25, -0.2) is 9.50 Å². The molecule has 0 unspecified atom stereocenters. The van der Waals surface area contributed by atoms with Crippen molar-refractivity contribution in [3.8, 4) is 22.5 Å². The lowest BCUT2D eigenvalue weighted by atomic mass is 9.98. The van der Waals surface area contributed by atoms with Crippen molar-refractivity contribution in [3.05, 3.63) is 71.4 Å². The molecule has 192 valence electrons. The first-order valence-electron chi connectivity index (χ1n) is 12.3. The summed E-state index contributed by atoms with van der Waals surface area (Å²) in [7, 11) is 0. The number of hydrogen-bond acceptors (Lipinski definition) is 5. The number of alkyl halides is 3. The minimum atomic E-state index is -4.29. The average Bonchev–Trinajstić information content (AvgIpc) is 3.57. The Hall–Kier alpha value is -3.72. The van der Waals surface area contributed by atoms with Crippen LogP contribution in [0.2, 0.25) is 0 Å². The number of imidazole rings is 1. The van der Waals surface area contributed by atoms with Gasteiger partial charge in [0.1, 0.15) is 0 Å². The Labute approximate surface area is 212 Å². The van der Waals surface area contributed by atoms with E-state index in [0.29, 0.717) is 51.8 Å². The number of aliphatic hydroxyl groups is 1. The number of Topliss-reactive ketones (excluding diaryl/α,β-unsaturated/α-hetero) is 1. The highest BCUT2D eigenvalue weighted by molar-refractivity contribution is 5.98. The van der Waals surface area contributed by atoms with E-state index in [0.717, 1.165) is 24.0 Å². The minimum Gasteiger partial charge on any atom is -0.392 e. The molecule has 0 spiro atoms. The molecule has 0 saturated heterocycles. The molecule has 0 aliphatic heterocycles. The third-order valence-corrected chi connectivity index (χ3v) is 6.65. The second-order valence-corrected chi connectivity index (χ2v) is 9.53. The molecule has 2 N–H and O–H groups in total. The molecule has 1 fully saturated rings. The predicted octanol–water partition coefficient (Wildman–Crippen LogP) is 6.21. The number of rotatable bonds is 9.